The number of nitrogens with zero attached hydrogens (tertiary/aromatic N) is 1. The monoisotopic (exact) mass is 415 g/mol. The van der Waals surface area contributed by atoms with Gasteiger partial charge in [-0.3, -0.25) is 24.8 Å². The fourth-order valence-electron chi connectivity index (χ4n) is 3.95. The summed E-state index contributed by atoms with van der Waals surface area (Å²) in [5.41, 5.74) is 4.89. The zero-order chi connectivity index (χ0) is 22.0. The third-order valence-electron chi connectivity index (χ3n) is 5.45. The Labute approximate surface area is 180 Å². The molecule has 0 unspecified atom stereocenters. The number of fused-ring (bicyclic) bond motifs is 1. The first-order valence-corrected chi connectivity index (χ1v) is 10.3. The lowest BCUT2D eigenvalue weighted by atomic mass is 9.75. The first kappa shape index (κ1) is 20.6. The van der Waals surface area contributed by atoms with Crippen LogP contribution in [-0.2, 0) is 13.0 Å². The van der Waals surface area contributed by atoms with Gasteiger partial charge in [-0.05, 0) is 35.6 Å². The zero-order valence-corrected chi connectivity index (χ0v) is 17.6. The van der Waals surface area contributed by atoms with Crippen LogP contribution in [0.4, 0.5) is 5.69 Å². The second-order valence-corrected chi connectivity index (χ2v) is 8.69. The number of ketones is 1. The first-order chi connectivity index (χ1) is 14.8. The molecule has 0 atom stereocenters. The lowest BCUT2D eigenvalue weighted by molar-refractivity contribution is 0.0910. The molecule has 1 aliphatic carbocycles. The van der Waals surface area contributed by atoms with Crippen LogP contribution in [0.25, 0.3) is 0 Å². The number of anilines is 1. The molecule has 0 saturated carbocycles. The minimum Gasteiger partial charge on any atom is -0.325 e. The molecule has 2 N–H and O–H groups in total. The van der Waals surface area contributed by atoms with Gasteiger partial charge in [0.1, 0.15) is 5.56 Å². The summed E-state index contributed by atoms with van der Waals surface area (Å²) in [6, 6.07) is 20.6. The lowest BCUT2D eigenvalue weighted by Crippen LogP contribution is -2.44. The number of pyridine rings is 1. The molecule has 1 amide bonds. The van der Waals surface area contributed by atoms with Gasteiger partial charge in [-0.15, -0.1) is 0 Å². The molecule has 6 heteroatoms. The van der Waals surface area contributed by atoms with Gasteiger partial charge in [0.05, 0.1) is 12.2 Å². The minimum absolute atomic E-state index is 0.0549. The largest absolute Gasteiger partial charge is 0.325 e. The van der Waals surface area contributed by atoms with Crippen molar-refractivity contribution < 1.29 is 9.59 Å². The van der Waals surface area contributed by atoms with Crippen LogP contribution in [0.1, 0.15) is 52.2 Å². The van der Waals surface area contributed by atoms with Gasteiger partial charge in [0.15, 0.2) is 5.78 Å². The minimum atomic E-state index is -0.554. The number of benzene rings is 2. The van der Waals surface area contributed by atoms with Crippen LogP contribution in [0.3, 0.4) is 0 Å². The number of para-hydroxylation sites is 1. The number of aromatic amines is 1. The molecule has 31 heavy (non-hydrogen) atoms. The molecule has 1 aromatic heterocycles. The van der Waals surface area contributed by atoms with Crippen molar-refractivity contribution in [3.63, 3.8) is 0 Å². The molecule has 6 nitrogen and oxygen atoms in total. The molecular formula is C25H25N3O3. The summed E-state index contributed by atoms with van der Waals surface area (Å²) in [6.45, 7) is 4.41. The molecule has 0 bridgehead atoms. The van der Waals surface area contributed by atoms with E-state index in [1.807, 2.05) is 74.5 Å². The van der Waals surface area contributed by atoms with Crippen LogP contribution in [0, 0.1) is 5.41 Å². The summed E-state index contributed by atoms with van der Waals surface area (Å²) >= 11 is 0. The van der Waals surface area contributed by atoms with Crippen molar-refractivity contribution in [3.8, 4) is 0 Å². The molecule has 1 heterocycles. The first-order valence-electron chi connectivity index (χ1n) is 10.3. The van der Waals surface area contributed by atoms with E-state index < -0.39 is 11.5 Å². The van der Waals surface area contributed by atoms with Gasteiger partial charge in [0.25, 0.3) is 11.5 Å². The molecule has 3 aromatic rings. The number of nitrogens with one attached hydrogen (secondary N) is 2. The van der Waals surface area contributed by atoms with Crippen molar-refractivity contribution in [2.75, 3.05) is 5.01 Å². The van der Waals surface area contributed by atoms with Crippen LogP contribution in [0.2, 0.25) is 0 Å². The number of hydrogen-bond acceptors (Lipinski definition) is 4. The average molecular weight is 415 g/mol. The van der Waals surface area contributed by atoms with Crippen molar-refractivity contribution in [3.05, 3.63) is 99.5 Å². The summed E-state index contributed by atoms with van der Waals surface area (Å²) in [4.78, 5) is 41.1. The molecular weight excluding hydrogens is 390 g/mol. The maximum absolute atomic E-state index is 13.1. The number of H-pyrrole nitrogens is 1. The van der Waals surface area contributed by atoms with Gasteiger partial charge in [-0.25, -0.2) is 0 Å². The van der Waals surface area contributed by atoms with Gasteiger partial charge < -0.3 is 4.98 Å². The third kappa shape index (κ3) is 4.58. The van der Waals surface area contributed by atoms with E-state index >= 15 is 0 Å². The van der Waals surface area contributed by atoms with Crippen molar-refractivity contribution in [2.24, 2.45) is 5.41 Å². The van der Waals surface area contributed by atoms with E-state index in [9.17, 15) is 14.4 Å². The van der Waals surface area contributed by atoms with Crippen LogP contribution in [-0.4, -0.2) is 16.7 Å². The molecule has 1 aliphatic rings. The highest BCUT2D eigenvalue weighted by atomic mass is 16.2. The fourth-order valence-corrected chi connectivity index (χ4v) is 3.95. The summed E-state index contributed by atoms with van der Waals surface area (Å²) < 4.78 is 0. The van der Waals surface area contributed by atoms with Crippen LogP contribution < -0.4 is 16.0 Å². The Balaban J connectivity index is 1.64. The highest BCUT2D eigenvalue weighted by molar-refractivity contribution is 6.02. The molecule has 4 rings (SSSR count). The highest BCUT2D eigenvalue weighted by Gasteiger charge is 2.32. The Bertz CT molecular complexity index is 1170. The smallest absolute Gasteiger partial charge is 0.275 e. The number of carbonyl (C=O) groups excluding carboxylic acids is 2. The predicted molar refractivity (Wildman–Crippen MR) is 120 cm³/mol. The molecule has 2 aromatic carbocycles. The maximum atomic E-state index is 13.1. The summed E-state index contributed by atoms with van der Waals surface area (Å²) in [5.74, 6) is -0.609. The van der Waals surface area contributed by atoms with Gasteiger partial charge in [0.2, 0.25) is 0 Å². The van der Waals surface area contributed by atoms with E-state index in [-0.39, 0.29) is 16.8 Å². The van der Waals surface area contributed by atoms with Crippen molar-refractivity contribution in [1.82, 2.24) is 10.4 Å². The fraction of sp³-hybridized carbons (Fsp3) is 0.240. The number of hydrazine groups is 1. The van der Waals surface area contributed by atoms with E-state index in [4.69, 9.17) is 0 Å². The second-order valence-electron chi connectivity index (χ2n) is 8.69. The number of aromatic nitrogens is 1. The quantitative estimate of drug-likeness (QED) is 0.620. The van der Waals surface area contributed by atoms with E-state index in [0.717, 1.165) is 11.3 Å². The Kier molecular flexibility index (Phi) is 5.46. The molecule has 0 saturated heterocycles. The van der Waals surface area contributed by atoms with E-state index in [1.165, 1.54) is 6.07 Å². The molecule has 0 aliphatic heterocycles. The third-order valence-corrected chi connectivity index (χ3v) is 5.45. The Morgan fingerprint density at radius 1 is 1.00 bits per heavy atom. The SMILES string of the molecule is CC1(C)CC(=O)c2cc(C(=O)NN(Cc3ccccc3)c3ccccc3)c(=O)[nH]c2C1. The Hall–Kier alpha value is -3.67. The molecule has 158 valence electrons. The number of rotatable bonds is 5. The second kappa shape index (κ2) is 8.22. The van der Waals surface area contributed by atoms with E-state index in [1.54, 1.807) is 5.01 Å². The van der Waals surface area contributed by atoms with Crippen LogP contribution >= 0.6 is 0 Å². The van der Waals surface area contributed by atoms with Gasteiger partial charge in [0, 0.05) is 17.7 Å². The highest BCUT2D eigenvalue weighted by Crippen LogP contribution is 2.33. The number of amides is 1. The summed E-state index contributed by atoms with van der Waals surface area (Å²) in [7, 11) is 0. The predicted octanol–water partition coefficient (Wildman–Crippen LogP) is 3.88. The van der Waals surface area contributed by atoms with Gasteiger partial charge in [-0.1, -0.05) is 62.4 Å². The van der Waals surface area contributed by atoms with Crippen molar-refractivity contribution in [1.29, 1.82) is 0 Å². The van der Waals surface area contributed by atoms with E-state index in [2.05, 4.69) is 10.4 Å². The van der Waals surface area contributed by atoms with Gasteiger partial charge in [-0.2, -0.15) is 0 Å². The van der Waals surface area contributed by atoms with Crippen molar-refractivity contribution in [2.45, 2.75) is 33.2 Å². The van der Waals surface area contributed by atoms with Gasteiger partial charge >= 0.3 is 0 Å². The molecule has 0 radical (unpaired) electrons. The normalized spacial score (nSPS) is 14.6. The summed E-state index contributed by atoms with van der Waals surface area (Å²) in [6.07, 6.45) is 0.979. The van der Waals surface area contributed by atoms with Crippen molar-refractivity contribution >= 4 is 17.4 Å². The Morgan fingerprint density at radius 2 is 1.65 bits per heavy atom. The number of Topliss-reactive ketones (excluding diaryl/α,β-unsaturated/α-hetero) is 1. The molecule has 0 spiro atoms. The topological polar surface area (TPSA) is 82.3 Å². The lowest BCUT2D eigenvalue weighted by Gasteiger charge is -2.30. The van der Waals surface area contributed by atoms with Crippen LogP contribution in [0.15, 0.2) is 71.5 Å². The number of carbonyl (C=O) groups is 2. The average Bonchev–Trinajstić information content (AvgIpc) is 2.73. The van der Waals surface area contributed by atoms with E-state index in [0.29, 0.717) is 30.6 Å². The standard InChI is InChI=1S/C25H25N3O3/c1-25(2)14-21-19(22(29)15-25)13-20(23(30)26-21)24(31)27-28(18-11-7-4-8-12-18)16-17-9-5-3-6-10-17/h3-13H,14-16H2,1-2H3,(H,26,30)(H,27,31). The van der Waals surface area contributed by atoms with Crippen LogP contribution in [0.5, 0.6) is 0 Å². The number of hydrogen-bond donors (Lipinski definition) is 2. The summed E-state index contributed by atoms with van der Waals surface area (Å²) in [5, 5.41) is 1.70. The Morgan fingerprint density at radius 3 is 2.32 bits per heavy atom. The molecule has 0 fully saturated rings. The maximum Gasteiger partial charge on any atom is 0.275 e. The zero-order valence-electron chi connectivity index (χ0n) is 17.6.